The van der Waals surface area contributed by atoms with Crippen molar-refractivity contribution in [3.63, 3.8) is 0 Å². The molecule has 0 aromatic heterocycles. The lowest BCUT2D eigenvalue weighted by molar-refractivity contribution is 0.261. The summed E-state index contributed by atoms with van der Waals surface area (Å²) < 4.78 is 13.5. The standard InChI is InChI=1S/C17H27FN2/c1-17(2,3)20-15-10-8-14(9-11-15)19-12-13-6-4-5-7-16(13)18/h4-7,14-15,19-20H,8-12H2,1-3H3/t14-,15+. The summed E-state index contributed by atoms with van der Waals surface area (Å²) >= 11 is 0. The molecule has 0 radical (unpaired) electrons. The van der Waals surface area contributed by atoms with Gasteiger partial charge < -0.3 is 10.6 Å². The molecular formula is C17H27FN2. The summed E-state index contributed by atoms with van der Waals surface area (Å²) in [6.45, 7) is 7.29. The normalized spacial score (nSPS) is 23.8. The fraction of sp³-hybridized carbons (Fsp3) is 0.647. The van der Waals surface area contributed by atoms with Gasteiger partial charge in [0.05, 0.1) is 0 Å². The molecule has 2 nitrogen and oxygen atoms in total. The Morgan fingerprint density at radius 3 is 2.25 bits per heavy atom. The van der Waals surface area contributed by atoms with Crippen LogP contribution in [0.2, 0.25) is 0 Å². The van der Waals surface area contributed by atoms with Gasteiger partial charge >= 0.3 is 0 Å². The van der Waals surface area contributed by atoms with E-state index in [4.69, 9.17) is 0 Å². The van der Waals surface area contributed by atoms with E-state index in [9.17, 15) is 4.39 Å². The van der Waals surface area contributed by atoms with Crippen LogP contribution in [0.3, 0.4) is 0 Å². The van der Waals surface area contributed by atoms with Crippen LogP contribution in [0, 0.1) is 5.82 Å². The zero-order chi connectivity index (χ0) is 14.6. The van der Waals surface area contributed by atoms with Crippen molar-refractivity contribution in [1.82, 2.24) is 10.6 Å². The molecule has 112 valence electrons. The highest BCUT2D eigenvalue weighted by Gasteiger charge is 2.23. The van der Waals surface area contributed by atoms with Crippen molar-refractivity contribution in [1.29, 1.82) is 0 Å². The Morgan fingerprint density at radius 2 is 1.65 bits per heavy atom. The average molecular weight is 278 g/mol. The van der Waals surface area contributed by atoms with Gasteiger partial charge in [-0.15, -0.1) is 0 Å². The number of rotatable bonds is 4. The van der Waals surface area contributed by atoms with Gasteiger partial charge in [-0.25, -0.2) is 4.39 Å². The van der Waals surface area contributed by atoms with Gasteiger partial charge in [-0.3, -0.25) is 0 Å². The van der Waals surface area contributed by atoms with Crippen molar-refractivity contribution in [3.8, 4) is 0 Å². The summed E-state index contributed by atoms with van der Waals surface area (Å²) in [5.41, 5.74) is 0.959. The molecule has 2 rings (SSSR count). The highest BCUT2D eigenvalue weighted by molar-refractivity contribution is 5.17. The first kappa shape index (κ1) is 15.5. The Hall–Kier alpha value is -0.930. The quantitative estimate of drug-likeness (QED) is 0.879. The minimum Gasteiger partial charge on any atom is -0.310 e. The molecule has 0 spiro atoms. The molecule has 3 heteroatoms. The van der Waals surface area contributed by atoms with E-state index in [-0.39, 0.29) is 11.4 Å². The van der Waals surface area contributed by atoms with E-state index in [1.54, 1.807) is 6.07 Å². The predicted molar refractivity (Wildman–Crippen MR) is 82.2 cm³/mol. The van der Waals surface area contributed by atoms with Crippen LogP contribution in [0.15, 0.2) is 24.3 Å². The molecule has 1 saturated carbocycles. The molecule has 0 bridgehead atoms. The van der Waals surface area contributed by atoms with E-state index in [0.717, 1.165) is 5.56 Å². The zero-order valence-corrected chi connectivity index (χ0v) is 12.9. The van der Waals surface area contributed by atoms with E-state index in [0.29, 0.717) is 18.6 Å². The van der Waals surface area contributed by atoms with Crippen LogP contribution < -0.4 is 10.6 Å². The Balaban J connectivity index is 1.74. The van der Waals surface area contributed by atoms with Crippen molar-refractivity contribution in [2.24, 2.45) is 0 Å². The van der Waals surface area contributed by atoms with Gasteiger partial charge in [0.15, 0.2) is 0 Å². The van der Waals surface area contributed by atoms with E-state index in [2.05, 4.69) is 31.4 Å². The van der Waals surface area contributed by atoms with Gasteiger partial charge in [-0.2, -0.15) is 0 Å². The average Bonchev–Trinajstić information content (AvgIpc) is 2.38. The summed E-state index contributed by atoms with van der Waals surface area (Å²) in [4.78, 5) is 0. The van der Waals surface area contributed by atoms with Crippen molar-refractivity contribution < 1.29 is 4.39 Å². The minimum atomic E-state index is -0.108. The third kappa shape index (κ3) is 4.88. The summed E-state index contributed by atoms with van der Waals surface area (Å²) in [7, 11) is 0. The van der Waals surface area contributed by atoms with E-state index >= 15 is 0 Å². The van der Waals surface area contributed by atoms with Crippen molar-refractivity contribution >= 4 is 0 Å². The van der Waals surface area contributed by atoms with Crippen LogP contribution in [0.1, 0.15) is 52.0 Å². The minimum absolute atomic E-state index is 0.108. The first-order valence-corrected chi connectivity index (χ1v) is 7.68. The molecule has 0 amide bonds. The van der Waals surface area contributed by atoms with Gasteiger partial charge in [-0.1, -0.05) is 18.2 Å². The number of hydrogen-bond acceptors (Lipinski definition) is 2. The molecule has 0 aliphatic heterocycles. The molecule has 1 aromatic rings. The number of halogens is 1. The molecule has 1 aliphatic carbocycles. The van der Waals surface area contributed by atoms with Crippen LogP contribution >= 0.6 is 0 Å². The summed E-state index contributed by atoms with van der Waals surface area (Å²) in [6, 6.07) is 8.16. The molecular weight excluding hydrogens is 251 g/mol. The van der Waals surface area contributed by atoms with Gasteiger partial charge in [0.2, 0.25) is 0 Å². The topological polar surface area (TPSA) is 24.1 Å². The highest BCUT2D eigenvalue weighted by Crippen LogP contribution is 2.21. The molecule has 0 unspecified atom stereocenters. The number of benzene rings is 1. The molecule has 20 heavy (non-hydrogen) atoms. The molecule has 2 N–H and O–H groups in total. The van der Waals surface area contributed by atoms with E-state index in [1.807, 2.05) is 12.1 Å². The zero-order valence-electron chi connectivity index (χ0n) is 12.9. The largest absolute Gasteiger partial charge is 0.310 e. The van der Waals surface area contributed by atoms with Crippen molar-refractivity contribution in [3.05, 3.63) is 35.6 Å². The van der Waals surface area contributed by atoms with Crippen LogP contribution in [-0.4, -0.2) is 17.6 Å². The number of nitrogens with one attached hydrogen (secondary N) is 2. The monoisotopic (exact) mass is 278 g/mol. The first-order chi connectivity index (χ1) is 9.44. The van der Waals surface area contributed by atoms with E-state index in [1.165, 1.54) is 31.7 Å². The fourth-order valence-corrected chi connectivity index (χ4v) is 2.95. The second-order valence-corrected chi connectivity index (χ2v) is 6.92. The van der Waals surface area contributed by atoms with Crippen molar-refractivity contribution in [2.45, 2.75) is 70.6 Å². The predicted octanol–water partition coefficient (Wildman–Crippen LogP) is 3.61. The Kier molecular flexibility index (Phi) is 5.17. The third-order valence-corrected chi connectivity index (χ3v) is 3.90. The fourth-order valence-electron chi connectivity index (χ4n) is 2.95. The maximum atomic E-state index is 13.5. The van der Waals surface area contributed by atoms with Crippen LogP contribution in [-0.2, 0) is 6.54 Å². The molecule has 1 fully saturated rings. The third-order valence-electron chi connectivity index (χ3n) is 3.90. The Bertz CT molecular complexity index is 417. The molecule has 0 atom stereocenters. The number of hydrogen-bond donors (Lipinski definition) is 2. The lowest BCUT2D eigenvalue weighted by Gasteiger charge is -2.34. The summed E-state index contributed by atoms with van der Waals surface area (Å²) in [5.74, 6) is -0.108. The lowest BCUT2D eigenvalue weighted by atomic mass is 9.89. The highest BCUT2D eigenvalue weighted by atomic mass is 19.1. The summed E-state index contributed by atoms with van der Waals surface area (Å²) in [5, 5.41) is 7.17. The van der Waals surface area contributed by atoms with Gasteiger partial charge in [0, 0.05) is 29.7 Å². The Labute approximate surface area is 122 Å². The van der Waals surface area contributed by atoms with Gasteiger partial charge in [-0.05, 0) is 52.5 Å². The smallest absolute Gasteiger partial charge is 0.127 e. The first-order valence-electron chi connectivity index (χ1n) is 7.68. The van der Waals surface area contributed by atoms with Gasteiger partial charge in [0.25, 0.3) is 0 Å². The van der Waals surface area contributed by atoms with Crippen LogP contribution in [0.4, 0.5) is 4.39 Å². The lowest BCUT2D eigenvalue weighted by Crippen LogP contribution is -2.47. The molecule has 1 aromatic carbocycles. The van der Waals surface area contributed by atoms with E-state index < -0.39 is 0 Å². The van der Waals surface area contributed by atoms with Crippen molar-refractivity contribution in [2.75, 3.05) is 0 Å². The maximum Gasteiger partial charge on any atom is 0.127 e. The Morgan fingerprint density at radius 1 is 1.05 bits per heavy atom. The van der Waals surface area contributed by atoms with Crippen LogP contribution in [0.5, 0.6) is 0 Å². The second kappa shape index (κ2) is 6.68. The molecule has 0 saturated heterocycles. The van der Waals surface area contributed by atoms with Crippen LogP contribution in [0.25, 0.3) is 0 Å². The SMILES string of the molecule is CC(C)(C)N[C@H]1CC[C@@H](NCc2ccccc2F)CC1. The summed E-state index contributed by atoms with van der Waals surface area (Å²) in [6.07, 6.45) is 4.74. The molecule has 0 heterocycles. The second-order valence-electron chi connectivity index (χ2n) is 6.92. The maximum absolute atomic E-state index is 13.5. The van der Waals surface area contributed by atoms with Gasteiger partial charge in [0.1, 0.15) is 5.82 Å². The molecule has 1 aliphatic rings.